The molecule has 0 amide bonds. The van der Waals surface area contributed by atoms with Crippen molar-refractivity contribution in [2.45, 2.75) is 32.9 Å². The van der Waals surface area contributed by atoms with Crippen LogP contribution >= 0.6 is 0 Å². The average molecular weight is 242 g/mol. The van der Waals surface area contributed by atoms with E-state index in [1.54, 1.807) is 18.3 Å². The van der Waals surface area contributed by atoms with Crippen LogP contribution in [0.5, 0.6) is 5.75 Å². The minimum Gasteiger partial charge on any atom is -0.435 e. The SMILES string of the molecule is CC(C)(C)NN=Cc1cccc(OC(F)F)c1. The van der Waals surface area contributed by atoms with Crippen molar-refractivity contribution in [1.29, 1.82) is 0 Å². The predicted molar refractivity (Wildman–Crippen MR) is 63.6 cm³/mol. The fourth-order valence-electron chi connectivity index (χ4n) is 1.07. The Morgan fingerprint density at radius 3 is 2.65 bits per heavy atom. The molecule has 1 aromatic carbocycles. The molecule has 0 bridgehead atoms. The van der Waals surface area contributed by atoms with Gasteiger partial charge in [-0.05, 0) is 38.5 Å². The molecule has 5 heteroatoms. The van der Waals surface area contributed by atoms with Gasteiger partial charge in [0.2, 0.25) is 0 Å². The van der Waals surface area contributed by atoms with Gasteiger partial charge in [-0.25, -0.2) is 0 Å². The van der Waals surface area contributed by atoms with Gasteiger partial charge in [0.15, 0.2) is 0 Å². The molecule has 0 saturated heterocycles. The topological polar surface area (TPSA) is 33.6 Å². The van der Waals surface area contributed by atoms with Crippen LogP contribution in [0.1, 0.15) is 26.3 Å². The van der Waals surface area contributed by atoms with Crippen LogP contribution in [0.25, 0.3) is 0 Å². The molecule has 1 aromatic rings. The summed E-state index contributed by atoms with van der Waals surface area (Å²) in [7, 11) is 0. The Kier molecular flexibility index (Phi) is 4.43. The second kappa shape index (κ2) is 5.61. The summed E-state index contributed by atoms with van der Waals surface area (Å²) in [5.74, 6) is 0.125. The number of halogens is 2. The summed E-state index contributed by atoms with van der Waals surface area (Å²) in [5.41, 5.74) is 3.47. The van der Waals surface area contributed by atoms with Gasteiger partial charge in [-0.2, -0.15) is 13.9 Å². The highest BCUT2D eigenvalue weighted by Crippen LogP contribution is 2.14. The molecule has 17 heavy (non-hydrogen) atoms. The van der Waals surface area contributed by atoms with E-state index in [4.69, 9.17) is 0 Å². The fourth-order valence-corrected chi connectivity index (χ4v) is 1.07. The van der Waals surface area contributed by atoms with E-state index in [-0.39, 0.29) is 11.3 Å². The molecule has 0 unspecified atom stereocenters. The first-order valence-electron chi connectivity index (χ1n) is 5.22. The predicted octanol–water partition coefficient (Wildman–Crippen LogP) is 3.01. The van der Waals surface area contributed by atoms with Crippen molar-refractivity contribution in [3.63, 3.8) is 0 Å². The van der Waals surface area contributed by atoms with E-state index in [9.17, 15) is 8.78 Å². The number of hydrogen-bond donors (Lipinski definition) is 1. The second-order valence-corrected chi connectivity index (χ2v) is 4.57. The van der Waals surface area contributed by atoms with Gasteiger partial charge in [0.25, 0.3) is 0 Å². The van der Waals surface area contributed by atoms with Crippen LogP contribution in [0.4, 0.5) is 8.78 Å². The molecule has 0 heterocycles. The van der Waals surface area contributed by atoms with Gasteiger partial charge in [-0.3, -0.25) is 0 Å². The maximum atomic E-state index is 12.0. The largest absolute Gasteiger partial charge is 0.435 e. The van der Waals surface area contributed by atoms with Gasteiger partial charge < -0.3 is 10.2 Å². The highest BCUT2D eigenvalue weighted by Gasteiger charge is 2.06. The highest BCUT2D eigenvalue weighted by atomic mass is 19.3. The third-order valence-electron chi connectivity index (χ3n) is 1.70. The van der Waals surface area contributed by atoms with Gasteiger partial charge in [0.05, 0.1) is 6.21 Å². The number of alkyl halides is 2. The van der Waals surface area contributed by atoms with E-state index in [0.29, 0.717) is 5.56 Å². The van der Waals surface area contributed by atoms with Crippen LogP contribution in [0.3, 0.4) is 0 Å². The lowest BCUT2D eigenvalue weighted by molar-refractivity contribution is -0.0498. The Hall–Kier alpha value is -1.65. The Bertz CT molecular complexity index is 386. The smallest absolute Gasteiger partial charge is 0.387 e. The number of hydrogen-bond acceptors (Lipinski definition) is 3. The zero-order valence-electron chi connectivity index (χ0n) is 10.1. The van der Waals surface area contributed by atoms with Crippen molar-refractivity contribution >= 4 is 6.21 Å². The molecule has 0 fully saturated rings. The summed E-state index contributed by atoms with van der Waals surface area (Å²) < 4.78 is 28.3. The van der Waals surface area contributed by atoms with Crippen LogP contribution in [0, 0.1) is 0 Å². The Labute approximate surface area is 99.5 Å². The molecule has 0 spiro atoms. The fraction of sp³-hybridized carbons (Fsp3) is 0.417. The maximum absolute atomic E-state index is 12.0. The normalized spacial score (nSPS) is 12.1. The molecule has 1 N–H and O–H groups in total. The Balaban J connectivity index is 2.65. The Morgan fingerprint density at radius 2 is 2.06 bits per heavy atom. The third kappa shape index (κ3) is 5.85. The quantitative estimate of drug-likeness (QED) is 0.650. The molecular formula is C12H16F2N2O. The molecule has 0 saturated carbocycles. The summed E-state index contributed by atoms with van der Waals surface area (Å²) in [6.07, 6.45) is 1.56. The van der Waals surface area contributed by atoms with E-state index >= 15 is 0 Å². The second-order valence-electron chi connectivity index (χ2n) is 4.57. The van der Waals surface area contributed by atoms with Gasteiger partial charge in [-0.15, -0.1) is 0 Å². The zero-order valence-corrected chi connectivity index (χ0v) is 10.1. The van der Waals surface area contributed by atoms with E-state index in [1.807, 2.05) is 20.8 Å². The zero-order chi connectivity index (χ0) is 12.9. The molecular weight excluding hydrogens is 226 g/mol. The summed E-state index contributed by atoms with van der Waals surface area (Å²) in [6, 6.07) is 6.36. The minimum absolute atomic E-state index is 0.125. The van der Waals surface area contributed by atoms with Crippen LogP contribution < -0.4 is 10.2 Å². The summed E-state index contributed by atoms with van der Waals surface area (Å²) in [4.78, 5) is 0. The molecule has 1 rings (SSSR count). The number of benzene rings is 1. The van der Waals surface area contributed by atoms with Crippen molar-refractivity contribution in [1.82, 2.24) is 5.43 Å². The molecule has 0 radical (unpaired) electrons. The molecule has 3 nitrogen and oxygen atoms in total. The van der Waals surface area contributed by atoms with E-state index in [1.165, 1.54) is 12.1 Å². The van der Waals surface area contributed by atoms with Crippen LogP contribution in [0.15, 0.2) is 29.4 Å². The first-order chi connectivity index (χ1) is 7.87. The van der Waals surface area contributed by atoms with Gasteiger partial charge in [0.1, 0.15) is 5.75 Å². The lowest BCUT2D eigenvalue weighted by Crippen LogP contribution is -2.31. The average Bonchev–Trinajstić information content (AvgIpc) is 2.15. The van der Waals surface area contributed by atoms with Gasteiger partial charge in [-0.1, -0.05) is 12.1 Å². The molecule has 0 aliphatic rings. The standard InChI is InChI=1S/C12H16F2N2O/c1-12(2,3)16-15-8-9-5-4-6-10(7-9)17-11(13)14/h4-8,11,16H,1-3H3. The summed E-state index contributed by atoms with van der Waals surface area (Å²) >= 11 is 0. The molecule has 0 aromatic heterocycles. The minimum atomic E-state index is -2.81. The summed E-state index contributed by atoms with van der Waals surface area (Å²) in [5, 5.41) is 4.02. The number of ether oxygens (including phenoxy) is 1. The van der Waals surface area contributed by atoms with E-state index < -0.39 is 6.61 Å². The molecule has 0 atom stereocenters. The van der Waals surface area contributed by atoms with Crippen LogP contribution in [-0.4, -0.2) is 18.4 Å². The number of nitrogens with one attached hydrogen (secondary N) is 1. The van der Waals surface area contributed by atoms with E-state index in [0.717, 1.165) is 0 Å². The lowest BCUT2D eigenvalue weighted by atomic mass is 10.1. The van der Waals surface area contributed by atoms with Gasteiger partial charge in [0, 0.05) is 5.54 Å². The van der Waals surface area contributed by atoms with Crippen LogP contribution in [0.2, 0.25) is 0 Å². The van der Waals surface area contributed by atoms with Crippen molar-refractivity contribution in [2.75, 3.05) is 0 Å². The molecule has 94 valence electrons. The Morgan fingerprint density at radius 1 is 1.35 bits per heavy atom. The number of nitrogens with zero attached hydrogens (tertiary/aromatic N) is 1. The maximum Gasteiger partial charge on any atom is 0.387 e. The third-order valence-corrected chi connectivity index (χ3v) is 1.70. The van der Waals surface area contributed by atoms with Crippen molar-refractivity contribution < 1.29 is 13.5 Å². The van der Waals surface area contributed by atoms with E-state index in [2.05, 4.69) is 15.3 Å². The lowest BCUT2D eigenvalue weighted by Gasteiger charge is -2.16. The van der Waals surface area contributed by atoms with Crippen molar-refractivity contribution in [3.05, 3.63) is 29.8 Å². The summed E-state index contributed by atoms with van der Waals surface area (Å²) in [6.45, 7) is 3.11. The monoisotopic (exact) mass is 242 g/mol. The van der Waals surface area contributed by atoms with Crippen molar-refractivity contribution in [3.8, 4) is 5.75 Å². The molecule has 0 aliphatic carbocycles. The number of hydrazone groups is 1. The first-order valence-corrected chi connectivity index (χ1v) is 5.22. The van der Waals surface area contributed by atoms with Gasteiger partial charge >= 0.3 is 6.61 Å². The first kappa shape index (κ1) is 13.4. The highest BCUT2D eigenvalue weighted by molar-refractivity contribution is 5.79. The number of rotatable bonds is 4. The molecule has 0 aliphatic heterocycles. The van der Waals surface area contributed by atoms with Crippen molar-refractivity contribution in [2.24, 2.45) is 5.10 Å². The van der Waals surface area contributed by atoms with Crippen LogP contribution in [-0.2, 0) is 0 Å².